The fourth-order valence-electron chi connectivity index (χ4n) is 3.41. The zero-order valence-corrected chi connectivity index (χ0v) is 13.1. The van der Waals surface area contributed by atoms with Crippen molar-refractivity contribution in [1.29, 1.82) is 0 Å². The molecule has 1 heterocycles. The molecule has 0 unspecified atom stereocenters. The van der Waals surface area contributed by atoms with E-state index in [0.717, 1.165) is 30.6 Å². The number of likely N-dealkylation sites (tertiary alicyclic amines) is 1. The number of hydrogen-bond donors (Lipinski definition) is 1. The Morgan fingerprint density at radius 1 is 1.13 bits per heavy atom. The molecule has 1 saturated carbocycles. The van der Waals surface area contributed by atoms with Crippen LogP contribution in [0.1, 0.15) is 25.7 Å². The SMILES string of the molecule is COc1ccc(NC(=O)CN2C(=O)[C@H]3CCCC[C@H]3C2=O)cc1. The molecule has 2 fully saturated rings. The van der Waals surface area contributed by atoms with Crippen LogP contribution in [0.2, 0.25) is 0 Å². The number of imide groups is 1. The highest BCUT2D eigenvalue weighted by Crippen LogP contribution is 2.37. The lowest BCUT2D eigenvalue weighted by Crippen LogP contribution is -2.38. The Morgan fingerprint density at radius 3 is 2.22 bits per heavy atom. The number of benzene rings is 1. The molecule has 3 amide bonds. The number of carbonyl (C=O) groups excluding carboxylic acids is 3. The Bertz CT molecular complexity index is 602. The van der Waals surface area contributed by atoms with Crippen LogP contribution >= 0.6 is 0 Å². The number of nitrogens with one attached hydrogen (secondary N) is 1. The van der Waals surface area contributed by atoms with E-state index in [9.17, 15) is 14.4 Å². The van der Waals surface area contributed by atoms with Crippen LogP contribution in [-0.2, 0) is 14.4 Å². The van der Waals surface area contributed by atoms with Crippen LogP contribution < -0.4 is 10.1 Å². The van der Waals surface area contributed by atoms with Crippen molar-refractivity contribution >= 4 is 23.4 Å². The zero-order valence-electron chi connectivity index (χ0n) is 13.1. The number of ether oxygens (including phenoxy) is 1. The summed E-state index contributed by atoms with van der Waals surface area (Å²) >= 11 is 0. The highest BCUT2D eigenvalue weighted by Gasteiger charge is 2.48. The largest absolute Gasteiger partial charge is 0.497 e. The van der Waals surface area contributed by atoms with Crippen molar-refractivity contribution in [2.45, 2.75) is 25.7 Å². The maximum absolute atomic E-state index is 12.3. The summed E-state index contributed by atoms with van der Waals surface area (Å²) in [6.45, 7) is -0.212. The molecule has 1 saturated heterocycles. The summed E-state index contributed by atoms with van der Waals surface area (Å²) in [5, 5.41) is 2.70. The minimum Gasteiger partial charge on any atom is -0.497 e. The molecule has 6 nitrogen and oxygen atoms in total. The summed E-state index contributed by atoms with van der Waals surface area (Å²) in [6, 6.07) is 6.89. The lowest BCUT2D eigenvalue weighted by molar-refractivity contribution is -0.142. The van der Waals surface area contributed by atoms with E-state index in [-0.39, 0.29) is 36.1 Å². The van der Waals surface area contributed by atoms with Gasteiger partial charge in [0.15, 0.2) is 0 Å². The number of hydrogen-bond acceptors (Lipinski definition) is 4. The van der Waals surface area contributed by atoms with Crippen LogP contribution in [0.4, 0.5) is 5.69 Å². The number of methoxy groups -OCH3 is 1. The van der Waals surface area contributed by atoms with Gasteiger partial charge < -0.3 is 10.1 Å². The summed E-state index contributed by atoms with van der Waals surface area (Å²) < 4.78 is 5.05. The number of nitrogens with zero attached hydrogens (tertiary/aromatic N) is 1. The summed E-state index contributed by atoms with van der Waals surface area (Å²) in [6.07, 6.45) is 3.47. The third kappa shape index (κ3) is 3.06. The van der Waals surface area contributed by atoms with Gasteiger partial charge in [-0.15, -0.1) is 0 Å². The second kappa shape index (κ2) is 6.40. The number of amides is 3. The van der Waals surface area contributed by atoms with Gasteiger partial charge in [-0.3, -0.25) is 19.3 Å². The highest BCUT2D eigenvalue weighted by molar-refractivity contribution is 6.08. The molecule has 1 N–H and O–H groups in total. The summed E-state index contributed by atoms with van der Waals surface area (Å²) in [5.41, 5.74) is 0.604. The molecule has 0 bridgehead atoms. The van der Waals surface area contributed by atoms with Crippen LogP contribution in [-0.4, -0.2) is 36.3 Å². The molecule has 1 aromatic rings. The Balaban J connectivity index is 1.63. The Kier molecular flexibility index (Phi) is 4.32. The third-order valence-corrected chi connectivity index (χ3v) is 4.61. The highest BCUT2D eigenvalue weighted by atomic mass is 16.5. The fraction of sp³-hybridized carbons (Fsp3) is 0.471. The molecule has 0 radical (unpaired) electrons. The van der Waals surface area contributed by atoms with Gasteiger partial charge in [-0.25, -0.2) is 0 Å². The smallest absolute Gasteiger partial charge is 0.244 e. The van der Waals surface area contributed by atoms with Gasteiger partial charge in [-0.1, -0.05) is 12.8 Å². The van der Waals surface area contributed by atoms with Crippen molar-refractivity contribution in [1.82, 2.24) is 4.90 Å². The Morgan fingerprint density at radius 2 is 1.70 bits per heavy atom. The second-order valence-electron chi connectivity index (χ2n) is 6.04. The van der Waals surface area contributed by atoms with Gasteiger partial charge in [0.1, 0.15) is 12.3 Å². The average Bonchev–Trinajstić information content (AvgIpc) is 2.81. The fourth-order valence-corrected chi connectivity index (χ4v) is 3.41. The summed E-state index contributed by atoms with van der Waals surface area (Å²) in [5.74, 6) is -0.489. The van der Waals surface area contributed by atoms with Crippen molar-refractivity contribution in [2.24, 2.45) is 11.8 Å². The summed E-state index contributed by atoms with van der Waals surface area (Å²) in [7, 11) is 1.57. The molecule has 1 aliphatic heterocycles. The summed E-state index contributed by atoms with van der Waals surface area (Å²) in [4.78, 5) is 37.9. The molecule has 2 atom stereocenters. The van der Waals surface area contributed by atoms with Crippen LogP contribution in [0.15, 0.2) is 24.3 Å². The standard InChI is InChI=1S/C17H20N2O4/c1-23-12-8-6-11(7-9-12)18-15(20)10-19-16(21)13-4-2-3-5-14(13)17(19)22/h6-9,13-14H,2-5,10H2,1H3,(H,18,20)/t13-,14+. The molecule has 6 heteroatoms. The quantitative estimate of drug-likeness (QED) is 0.860. The van der Waals surface area contributed by atoms with Gasteiger partial charge >= 0.3 is 0 Å². The third-order valence-electron chi connectivity index (χ3n) is 4.61. The number of rotatable bonds is 4. The van der Waals surface area contributed by atoms with Gasteiger partial charge in [-0.05, 0) is 37.1 Å². The van der Waals surface area contributed by atoms with Crippen LogP contribution in [0.3, 0.4) is 0 Å². The maximum Gasteiger partial charge on any atom is 0.244 e. The van der Waals surface area contributed by atoms with E-state index >= 15 is 0 Å². The molecular formula is C17H20N2O4. The molecular weight excluding hydrogens is 296 g/mol. The minimum absolute atomic E-state index is 0.190. The van der Waals surface area contributed by atoms with Crippen molar-refractivity contribution in [3.63, 3.8) is 0 Å². The van der Waals surface area contributed by atoms with E-state index in [2.05, 4.69) is 5.32 Å². The van der Waals surface area contributed by atoms with E-state index in [4.69, 9.17) is 4.74 Å². The van der Waals surface area contributed by atoms with Gasteiger partial charge in [0.25, 0.3) is 0 Å². The lowest BCUT2D eigenvalue weighted by atomic mass is 9.81. The Labute approximate surface area is 134 Å². The van der Waals surface area contributed by atoms with E-state index in [1.54, 1.807) is 31.4 Å². The molecule has 0 aromatic heterocycles. The molecule has 23 heavy (non-hydrogen) atoms. The maximum atomic E-state index is 12.3. The van der Waals surface area contributed by atoms with Gasteiger partial charge in [0, 0.05) is 5.69 Å². The molecule has 1 aliphatic carbocycles. The van der Waals surface area contributed by atoms with Gasteiger partial charge in [0.05, 0.1) is 18.9 Å². The lowest BCUT2D eigenvalue weighted by Gasteiger charge is -2.19. The number of fused-ring (bicyclic) bond motifs is 1. The second-order valence-corrected chi connectivity index (χ2v) is 6.04. The minimum atomic E-state index is -0.365. The Hall–Kier alpha value is -2.37. The van der Waals surface area contributed by atoms with Crippen molar-refractivity contribution in [3.05, 3.63) is 24.3 Å². The molecule has 122 valence electrons. The van der Waals surface area contributed by atoms with Crippen molar-refractivity contribution < 1.29 is 19.1 Å². The first kappa shape index (κ1) is 15.5. The topological polar surface area (TPSA) is 75.7 Å². The monoisotopic (exact) mass is 316 g/mol. The number of anilines is 1. The predicted molar refractivity (Wildman–Crippen MR) is 83.8 cm³/mol. The van der Waals surface area contributed by atoms with Crippen LogP contribution in [0.25, 0.3) is 0 Å². The number of carbonyl (C=O) groups is 3. The van der Waals surface area contributed by atoms with Gasteiger partial charge in [0.2, 0.25) is 17.7 Å². The van der Waals surface area contributed by atoms with Crippen LogP contribution in [0.5, 0.6) is 5.75 Å². The normalized spacial score (nSPS) is 23.6. The average molecular weight is 316 g/mol. The zero-order chi connectivity index (χ0) is 16.4. The van der Waals surface area contributed by atoms with Crippen molar-refractivity contribution in [3.8, 4) is 5.75 Å². The molecule has 1 aromatic carbocycles. The molecule has 3 rings (SSSR count). The van der Waals surface area contributed by atoms with E-state index in [1.807, 2.05) is 0 Å². The van der Waals surface area contributed by atoms with E-state index < -0.39 is 0 Å². The first-order chi connectivity index (χ1) is 11.1. The first-order valence-electron chi connectivity index (χ1n) is 7.89. The van der Waals surface area contributed by atoms with Gasteiger partial charge in [-0.2, -0.15) is 0 Å². The van der Waals surface area contributed by atoms with Crippen LogP contribution in [0, 0.1) is 11.8 Å². The predicted octanol–water partition coefficient (Wildman–Crippen LogP) is 1.81. The van der Waals surface area contributed by atoms with E-state index in [1.165, 1.54) is 0 Å². The molecule has 0 spiro atoms. The first-order valence-corrected chi connectivity index (χ1v) is 7.89. The van der Waals surface area contributed by atoms with E-state index in [0.29, 0.717) is 11.4 Å². The van der Waals surface area contributed by atoms with Crippen molar-refractivity contribution in [2.75, 3.05) is 19.0 Å². The molecule has 2 aliphatic rings.